The Morgan fingerprint density at radius 1 is 1.30 bits per heavy atom. The van der Waals surface area contributed by atoms with Crippen LogP contribution in [0.1, 0.15) is 20.8 Å². The zero-order valence-corrected chi connectivity index (χ0v) is 10.1. The molecule has 0 amide bonds. The Kier molecular flexibility index (Phi) is 4.17. The average Bonchev–Trinajstić information content (AvgIpc) is 1.86. The number of alkyl halides is 2. The summed E-state index contributed by atoms with van der Waals surface area (Å²) in [5, 5.41) is 0. The molecule has 0 saturated heterocycles. The van der Waals surface area contributed by atoms with Crippen LogP contribution in [0.25, 0.3) is 0 Å². The normalized spacial score (nSPS) is 16.3. The van der Waals surface area contributed by atoms with Gasteiger partial charge >= 0.3 is 75.4 Å². The standard InChI is InChI=1S/C8H19IN/c1-7(9-4)8(2,3)10(5)6/h7H,1-6H3/q-1. The van der Waals surface area contributed by atoms with Gasteiger partial charge in [-0.1, -0.05) is 0 Å². The molecule has 2 heteroatoms. The summed E-state index contributed by atoms with van der Waals surface area (Å²) >= 11 is 0.380. The topological polar surface area (TPSA) is 3.24 Å². The second-order valence-corrected chi connectivity index (χ2v) is 6.50. The van der Waals surface area contributed by atoms with Gasteiger partial charge in [-0.3, -0.25) is 0 Å². The summed E-state index contributed by atoms with van der Waals surface area (Å²) in [6.07, 6.45) is 0. The second-order valence-electron chi connectivity index (χ2n) is 3.38. The molecular formula is C8H19IN-. The van der Waals surface area contributed by atoms with Gasteiger partial charge in [-0.15, -0.1) is 0 Å². The Balaban J connectivity index is 4.09. The molecule has 0 rings (SSSR count). The van der Waals surface area contributed by atoms with Gasteiger partial charge < -0.3 is 0 Å². The predicted octanol–water partition coefficient (Wildman–Crippen LogP) is -1.57. The van der Waals surface area contributed by atoms with E-state index in [4.69, 9.17) is 0 Å². The molecule has 0 heterocycles. The van der Waals surface area contributed by atoms with Gasteiger partial charge in [0.15, 0.2) is 0 Å². The summed E-state index contributed by atoms with van der Waals surface area (Å²) in [6, 6.07) is 0. The van der Waals surface area contributed by atoms with E-state index >= 15 is 0 Å². The molecule has 1 unspecified atom stereocenters. The molecule has 0 aromatic carbocycles. The minimum atomic E-state index is 0.380. The SMILES string of the molecule is C[I-]C(C)C(C)(C)N(C)C. The van der Waals surface area contributed by atoms with E-state index in [1.165, 1.54) is 0 Å². The zero-order valence-electron chi connectivity index (χ0n) is 7.90. The van der Waals surface area contributed by atoms with Gasteiger partial charge in [-0.05, 0) is 0 Å². The van der Waals surface area contributed by atoms with Crippen molar-refractivity contribution in [3.8, 4) is 0 Å². The van der Waals surface area contributed by atoms with Gasteiger partial charge in [0.1, 0.15) is 0 Å². The van der Waals surface area contributed by atoms with E-state index in [0.717, 1.165) is 3.92 Å². The van der Waals surface area contributed by atoms with Crippen LogP contribution >= 0.6 is 0 Å². The van der Waals surface area contributed by atoms with Crippen molar-refractivity contribution in [2.24, 2.45) is 0 Å². The number of halogens is 1. The molecule has 0 N–H and O–H groups in total. The molecule has 0 bridgehead atoms. The van der Waals surface area contributed by atoms with E-state index < -0.39 is 0 Å². The molecule has 0 saturated carbocycles. The maximum absolute atomic E-state index is 2.36. The van der Waals surface area contributed by atoms with Crippen molar-refractivity contribution < 1.29 is 21.2 Å². The van der Waals surface area contributed by atoms with Crippen LogP contribution in [0.2, 0.25) is 0 Å². The summed E-state index contributed by atoms with van der Waals surface area (Å²) in [6.45, 7) is 7.00. The third kappa shape index (κ3) is 2.38. The molecule has 1 nitrogen and oxygen atoms in total. The van der Waals surface area contributed by atoms with Crippen LogP contribution in [0.15, 0.2) is 0 Å². The van der Waals surface area contributed by atoms with Crippen molar-refractivity contribution in [2.75, 3.05) is 19.0 Å². The monoisotopic (exact) mass is 256 g/mol. The first-order chi connectivity index (χ1) is 4.42. The first kappa shape index (κ1) is 10.7. The van der Waals surface area contributed by atoms with Gasteiger partial charge in [-0.25, -0.2) is 0 Å². The van der Waals surface area contributed by atoms with Crippen molar-refractivity contribution in [3.05, 3.63) is 0 Å². The van der Waals surface area contributed by atoms with Gasteiger partial charge in [0.2, 0.25) is 0 Å². The molecule has 0 aliphatic heterocycles. The molecular weight excluding hydrogens is 237 g/mol. The summed E-state index contributed by atoms with van der Waals surface area (Å²) in [5.41, 5.74) is 0.391. The zero-order chi connectivity index (χ0) is 8.36. The summed E-state index contributed by atoms with van der Waals surface area (Å²) < 4.78 is 0.876. The first-order valence-corrected chi connectivity index (χ1v) is 6.98. The Labute approximate surface area is 75.4 Å². The van der Waals surface area contributed by atoms with Gasteiger partial charge in [0.05, 0.1) is 0 Å². The quantitative estimate of drug-likeness (QED) is 0.436. The van der Waals surface area contributed by atoms with E-state index in [-0.39, 0.29) is 0 Å². The van der Waals surface area contributed by atoms with Gasteiger partial charge in [0.25, 0.3) is 0 Å². The molecule has 0 aliphatic rings. The fraction of sp³-hybridized carbons (Fsp3) is 1.00. The predicted molar refractivity (Wildman–Crippen MR) is 43.2 cm³/mol. The van der Waals surface area contributed by atoms with Crippen LogP contribution in [-0.2, 0) is 0 Å². The molecule has 1 atom stereocenters. The molecule has 0 radical (unpaired) electrons. The number of hydrogen-bond donors (Lipinski definition) is 0. The van der Waals surface area contributed by atoms with Gasteiger partial charge in [-0.2, -0.15) is 0 Å². The molecule has 0 aliphatic carbocycles. The number of nitrogens with zero attached hydrogens (tertiary/aromatic N) is 1. The molecule has 0 aromatic rings. The first-order valence-electron chi connectivity index (χ1n) is 3.58. The van der Waals surface area contributed by atoms with Crippen molar-refractivity contribution in [3.63, 3.8) is 0 Å². The fourth-order valence-electron chi connectivity index (χ4n) is 0.623. The Morgan fingerprint density at radius 2 is 1.70 bits per heavy atom. The summed E-state index contributed by atoms with van der Waals surface area (Å²) in [4.78, 5) is 4.68. The third-order valence-corrected chi connectivity index (χ3v) is 5.85. The van der Waals surface area contributed by atoms with Gasteiger partial charge in [0, 0.05) is 0 Å². The van der Waals surface area contributed by atoms with E-state index in [2.05, 4.69) is 44.7 Å². The van der Waals surface area contributed by atoms with E-state index in [1.807, 2.05) is 0 Å². The Hall–Kier alpha value is 0.690. The number of hydrogen-bond acceptors (Lipinski definition) is 1. The molecule has 0 spiro atoms. The summed E-state index contributed by atoms with van der Waals surface area (Å²) in [7, 11) is 4.33. The minimum absolute atomic E-state index is 0.380. The van der Waals surface area contributed by atoms with Crippen LogP contribution in [-0.4, -0.2) is 33.4 Å². The maximum atomic E-state index is 2.36. The Bertz CT molecular complexity index is 99.4. The summed E-state index contributed by atoms with van der Waals surface area (Å²) in [5.74, 6) is 0. The van der Waals surface area contributed by atoms with Crippen LogP contribution < -0.4 is 21.2 Å². The molecule has 0 fully saturated rings. The van der Waals surface area contributed by atoms with Crippen LogP contribution in [0.5, 0.6) is 0 Å². The molecule has 10 heavy (non-hydrogen) atoms. The third-order valence-electron chi connectivity index (χ3n) is 2.45. The van der Waals surface area contributed by atoms with Crippen LogP contribution in [0, 0.1) is 0 Å². The van der Waals surface area contributed by atoms with Crippen molar-refractivity contribution >= 4 is 0 Å². The average molecular weight is 256 g/mol. The van der Waals surface area contributed by atoms with Crippen molar-refractivity contribution in [1.82, 2.24) is 4.90 Å². The van der Waals surface area contributed by atoms with Crippen LogP contribution in [0.4, 0.5) is 0 Å². The van der Waals surface area contributed by atoms with E-state index in [9.17, 15) is 0 Å². The molecule has 0 aromatic heterocycles. The number of rotatable bonds is 3. The van der Waals surface area contributed by atoms with E-state index in [1.54, 1.807) is 0 Å². The fourth-order valence-corrected chi connectivity index (χ4v) is 2.70. The second kappa shape index (κ2) is 3.90. The Morgan fingerprint density at radius 3 is 1.80 bits per heavy atom. The van der Waals surface area contributed by atoms with E-state index in [0.29, 0.717) is 26.7 Å². The molecule has 64 valence electrons. The van der Waals surface area contributed by atoms with Crippen molar-refractivity contribution in [1.29, 1.82) is 0 Å². The van der Waals surface area contributed by atoms with Crippen LogP contribution in [0.3, 0.4) is 0 Å². The van der Waals surface area contributed by atoms with Crippen molar-refractivity contribution in [2.45, 2.75) is 30.2 Å².